The van der Waals surface area contributed by atoms with Gasteiger partial charge in [0.15, 0.2) is 0 Å². The standard InChI is InChI=1S/C20H26N2/c1-16(2)17-7-9-18(10-8-17)19-5-4-6-20(15-19)22-13-11-21(3)12-14-22/h4-10,15-16H,11-14H2,1-3H3. The molecule has 0 aromatic heterocycles. The van der Waals surface area contributed by atoms with Gasteiger partial charge in [0.05, 0.1) is 0 Å². The lowest BCUT2D eigenvalue weighted by atomic mass is 9.98. The minimum Gasteiger partial charge on any atom is -0.369 e. The molecule has 1 heterocycles. The summed E-state index contributed by atoms with van der Waals surface area (Å²) in [4.78, 5) is 4.89. The molecule has 0 spiro atoms. The smallest absolute Gasteiger partial charge is 0.0373 e. The zero-order valence-electron chi connectivity index (χ0n) is 13.9. The number of nitrogens with zero attached hydrogens (tertiary/aromatic N) is 2. The number of rotatable bonds is 3. The van der Waals surface area contributed by atoms with Crippen LogP contribution in [0.1, 0.15) is 25.3 Å². The van der Waals surface area contributed by atoms with E-state index in [-0.39, 0.29) is 0 Å². The first-order valence-corrected chi connectivity index (χ1v) is 8.27. The summed E-state index contributed by atoms with van der Waals surface area (Å²) < 4.78 is 0. The molecule has 2 aromatic rings. The summed E-state index contributed by atoms with van der Waals surface area (Å²) in [5.74, 6) is 0.589. The van der Waals surface area contributed by atoms with Crippen LogP contribution in [-0.2, 0) is 0 Å². The minimum absolute atomic E-state index is 0.589. The van der Waals surface area contributed by atoms with Gasteiger partial charge < -0.3 is 9.80 Å². The lowest BCUT2D eigenvalue weighted by Gasteiger charge is -2.34. The molecule has 22 heavy (non-hydrogen) atoms. The molecule has 0 radical (unpaired) electrons. The third kappa shape index (κ3) is 3.33. The van der Waals surface area contributed by atoms with Crippen LogP contribution in [0.2, 0.25) is 0 Å². The van der Waals surface area contributed by atoms with Gasteiger partial charge in [-0.2, -0.15) is 0 Å². The van der Waals surface area contributed by atoms with E-state index in [1.807, 2.05) is 0 Å². The number of likely N-dealkylation sites (N-methyl/N-ethyl adjacent to an activating group) is 1. The summed E-state index contributed by atoms with van der Waals surface area (Å²) in [6.45, 7) is 9.01. The van der Waals surface area contributed by atoms with E-state index >= 15 is 0 Å². The fraction of sp³-hybridized carbons (Fsp3) is 0.400. The maximum atomic E-state index is 2.49. The van der Waals surface area contributed by atoms with Crippen molar-refractivity contribution >= 4 is 5.69 Å². The molecule has 3 rings (SSSR count). The van der Waals surface area contributed by atoms with Crippen molar-refractivity contribution in [3.05, 3.63) is 54.1 Å². The van der Waals surface area contributed by atoms with Gasteiger partial charge in [0.2, 0.25) is 0 Å². The van der Waals surface area contributed by atoms with Crippen LogP contribution < -0.4 is 4.90 Å². The fourth-order valence-corrected chi connectivity index (χ4v) is 3.01. The van der Waals surface area contributed by atoms with E-state index in [2.05, 4.69) is 79.2 Å². The number of piperazine rings is 1. The highest BCUT2D eigenvalue weighted by Crippen LogP contribution is 2.27. The third-order valence-electron chi connectivity index (χ3n) is 4.63. The Bertz CT molecular complexity index is 608. The van der Waals surface area contributed by atoms with Crippen LogP contribution in [0, 0.1) is 0 Å². The second-order valence-electron chi connectivity index (χ2n) is 6.62. The highest BCUT2D eigenvalue weighted by molar-refractivity contribution is 5.69. The normalized spacial score (nSPS) is 16.3. The Labute approximate surface area is 134 Å². The molecule has 116 valence electrons. The van der Waals surface area contributed by atoms with Crippen LogP contribution in [0.15, 0.2) is 48.5 Å². The van der Waals surface area contributed by atoms with Crippen LogP contribution in [-0.4, -0.2) is 38.1 Å². The number of hydrogen-bond donors (Lipinski definition) is 0. The Kier molecular flexibility index (Phi) is 4.49. The van der Waals surface area contributed by atoms with Gasteiger partial charge in [-0.25, -0.2) is 0 Å². The van der Waals surface area contributed by atoms with Gasteiger partial charge >= 0.3 is 0 Å². The Hall–Kier alpha value is -1.80. The first-order chi connectivity index (χ1) is 10.6. The van der Waals surface area contributed by atoms with Crippen LogP contribution in [0.3, 0.4) is 0 Å². The van der Waals surface area contributed by atoms with Gasteiger partial charge in [-0.3, -0.25) is 0 Å². The highest BCUT2D eigenvalue weighted by atomic mass is 15.2. The summed E-state index contributed by atoms with van der Waals surface area (Å²) in [7, 11) is 2.20. The molecule has 2 aromatic carbocycles. The van der Waals surface area contributed by atoms with E-state index in [0.717, 1.165) is 26.2 Å². The molecule has 0 unspecified atom stereocenters. The first kappa shape index (κ1) is 15.1. The number of hydrogen-bond acceptors (Lipinski definition) is 2. The average molecular weight is 294 g/mol. The van der Waals surface area contributed by atoms with Crippen molar-refractivity contribution in [3.63, 3.8) is 0 Å². The lowest BCUT2D eigenvalue weighted by Crippen LogP contribution is -2.44. The molecule has 0 amide bonds. The van der Waals surface area contributed by atoms with Crippen LogP contribution in [0.4, 0.5) is 5.69 Å². The molecule has 2 nitrogen and oxygen atoms in total. The molecule has 1 saturated heterocycles. The summed E-state index contributed by atoms with van der Waals surface area (Å²) in [6.07, 6.45) is 0. The highest BCUT2D eigenvalue weighted by Gasteiger charge is 2.14. The van der Waals surface area contributed by atoms with Crippen molar-refractivity contribution in [1.29, 1.82) is 0 Å². The largest absolute Gasteiger partial charge is 0.369 e. The summed E-state index contributed by atoms with van der Waals surface area (Å²) in [6, 6.07) is 18.0. The quantitative estimate of drug-likeness (QED) is 0.836. The monoisotopic (exact) mass is 294 g/mol. The van der Waals surface area contributed by atoms with Crippen LogP contribution in [0.25, 0.3) is 11.1 Å². The van der Waals surface area contributed by atoms with Gasteiger partial charge in [-0.05, 0) is 41.8 Å². The second kappa shape index (κ2) is 6.53. The maximum absolute atomic E-state index is 2.49. The zero-order chi connectivity index (χ0) is 15.5. The maximum Gasteiger partial charge on any atom is 0.0373 e. The molecule has 0 aliphatic carbocycles. The Morgan fingerprint density at radius 3 is 2.14 bits per heavy atom. The van der Waals surface area contributed by atoms with E-state index in [1.165, 1.54) is 22.4 Å². The first-order valence-electron chi connectivity index (χ1n) is 8.27. The number of anilines is 1. The van der Waals surface area contributed by atoms with Gasteiger partial charge in [-0.1, -0.05) is 50.2 Å². The van der Waals surface area contributed by atoms with E-state index < -0.39 is 0 Å². The minimum atomic E-state index is 0.589. The molecule has 2 heteroatoms. The van der Waals surface area contributed by atoms with Crippen molar-refractivity contribution in [2.24, 2.45) is 0 Å². The van der Waals surface area contributed by atoms with Crippen LogP contribution in [0.5, 0.6) is 0 Å². The molecule has 0 saturated carbocycles. The molecule has 1 fully saturated rings. The average Bonchev–Trinajstić information content (AvgIpc) is 2.56. The summed E-state index contributed by atoms with van der Waals surface area (Å²) in [5.41, 5.74) is 5.37. The topological polar surface area (TPSA) is 6.48 Å². The van der Waals surface area contributed by atoms with Crippen molar-refractivity contribution in [1.82, 2.24) is 4.90 Å². The van der Waals surface area contributed by atoms with Gasteiger partial charge in [-0.15, -0.1) is 0 Å². The predicted molar refractivity (Wildman–Crippen MR) is 95.7 cm³/mol. The molecular formula is C20H26N2. The van der Waals surface area contributed by atoms with Gasteiger partial charge in [0.25, 0.3) is 0 Å². The van der Waals surface area contributed by atoms with E-state index in [1.54, 1.807) is 0 Å². The van der Waals surface area contributed by atoms with Crippen molar-refractivity contribution in [3.8, 4) is 11.1 Å². The summed E-state index contributed by atoms with van der Waals surface area (Å²) in [5, 5.41) is 0. The Morgan fingerprint density at radius 2 is 1.50 bits per heavy atom. The Balaban J connectivity index is 1.81. The lowest BCUT2D eigenvalue weighted by molar-refractivity contribution is 0.313. The summed E-state index contributed by atoms with van der Waals surface area (Å²) >= 11 is 0. The van der Waals surface area contributed by atoms with Gasteiger partial charge in [0.1, 0.15) is 0 Å². The molecule has 0 atom stereocenters. The fourth-order valence-electron chi connectivity index (χ4n) is 3.01. The molecule has 1 aliphatic heterocycles. The van der Waals surface area contributed by atoms with E-state index in [9.17, 15) is 0 Å². The van der Waals surface area contributed by atoms with E-state index in [0.29, 0.717) is 5.92 Å². The number of benzene rings is 2. The van der Waals surface area contributed by atoms with Crippen molar-refractivity contribution < 1.29 is 0 Å². The second-order valence-corrected chi connectivity index (χ2v) is 6.62. The molecule has 0 bridgehead atoms. The van der Waals surface area contributed by atoms with Gasteiger partial charge in [0, 0.05) is 31.9 Å². The third-order valence-corrected chi connectivity index (χ3v) is 4.63. The van der Waals surface area contributed by atoms with Crippen LogP contribution >= 0.6 is 0 Å². The zero-order valence-corrected chi connectivity index (χ0v) is 13.9. The predicted octanol–water partition coefficient (Wildman–Crippen LogP) is 4.23. The van der Waals surface area contributed by atoms with Crippen molar-refractivity contribution in [2.75, 3.05) is 38.1 Å². The SMILES string of the molecule is CC(C)c1ccc(-c2cccc(N3CCN(C)CC3)c2)cc1. The molecule has 0 N–H and O–H groups in total. The van der Waals surface area contributed by atoms with Crippen molar-refractivity contribution in [2.45, 2.75) is 19.8 Å². The molecular weight excluding hydrogens is 268 g/mol. The van der Waals surface area contributed by atoms with E-state index in [4.69, 9.17) is 0 Å². The Morgan fingerprint density at radius 1 is 0.818 bits per heavy atom. The molecule has 1 aliphatic rings.